The van der Waals surface area contributed by atoms with E-state index in [-0.39, 0.29) is 34.3 Å². The number of nitrogens with zero attached hydrogens (tertiary/aromatic N) is 6. The molecule has 3 aromatic carbocycles. The Kier molecular flexibility index (Phi) is 7.14. The number of amides is 2. The Hall–Kier alpha value is -5.64. The Morgan fingerprint density at radius 2 is 1.10 bits per heavy atom. The lowest BCUT2D eigenvalue weighted by Gasteiger charge is -2.02. The molecule has 10 heteroatoms. The largest absolute Gasteiger partial charge is 0.493 e. The minimum atomic E-state index is -0.711. The van der Waals surface area contributed by atoms with E-state index in [1.54, 1.807) is 45.6 Å². The molecule has 0 aliphatic carbocycles. The van der Waals surface area contributed by atoms with Crippen molar-refractivity contribution in [2.75, 3.05) is 0 Å². The third-order valence-electron chi connectivity index (χ3n) is 6.30. The van der Waals surface area contributed by atoms with Gasteiger partial charge in [-0.1, -0.05) is 54.6 Å². The van der Waals surface area contributed by atoms with Gasteiger partial charge < -0.3 is 19.3 Å². The maximum Gasteiger partial charge on any atom is 0.295 e. The van der Waals surface area contributed by atoms with Crippen molar-refractivity contribution in [2.24, 2.45) is 20.5 Å². The van der Waals surface area contributed by atoms with E-state index in [1.807, 2.05) is 24.3 Å². The highest BCUT2D eigenvalue weighted by Gasteiger charge is 2.18. The van der Waals surface area contributed by atoms with Crippen molar-refractivity contribution in [1.29, 1.82) is 0 Å². The molecule has 0 unspecified atom stereocenters. The fraction of sp³-hybridized carbons (Fsp3) is 0.0667. The van der Waals surface area contributed by atoms with E-state index in [1.165, 1.54) is 24.3 Å². The van der Waals surface area contributed by atoms with E-state index in [9.17, 15) is 19.8 Å². The van der Waals surface area contributed by atoms with Gasteiger partial charge >= 0.3 is 0 Å². The van der Waals surface area contributed by atoms with Crippen LogP contribution < -0.4 is 0 Å². The van der Waals surface area contributed by atoms with E-state index in [0.717, 1.165) is 11.0 Å². The summed E-state index contributed by atoms with van der Waals surface area (Å²) in [7, 11) is 0. The van der Waals surface area contributed by atoms with Crippen molar-refractivity contribution in [1.82, 2.24) is 9.13 Å². The zero-order valence-electron chi connectivity index (χ0n) is 21.3. The van der Waals surface area contributed by atoms with Crippen molar-refractivity contribution in [3.05, 3.63) is 109 Å². The quantitative estimate of drug-likeness (QED) is 0.161. The van der Waals surface area contributed by atoms with Gasteiger partial charge in [0, 0.05) is 35.0 Å². The molecular weight excluding hydrogens is 508 g/mol. The maximum atomic E-state index is 12.8. The smallest absolute Gasteiger partial charge is 0.295 e. The Labute approximate surface area is 228 Å². The molecule has 0 spiro atoms. The van der Waals surface area contributed by atoms with Gasteiger partial charge in [0.25, 0.3) is 11.8 Å². The number of benzene rings is 3. The second-order valence-corrected chi connectivity index (χ2v) is 8.77. The maximum absolute atomic E-state index is 12.8. The predicted octanol–water partition coefficient (Wildman–Crippen LogP) is 7.23. The highest BCUT2D eigenvalue weighted by Crippen LogP contribution is 2.40. The second kappa shape index (κ2) is 11.0. The van der Waals surface area contributed by atoms with Crippen molar-refractivity contribution in [2.45, 2.75) is 13.1 Å². The second-order valence-electron chi connectivity index (χ2n) is 8.77. The lowest BCUT2D eigenvalue weighted by Crippen LogP contribution is -1.99. The van der Waals surface area contributed by atoms with Gasteiger partial charge in [-0.3, -0.25) is 9.59 Å². The molecule has 0 bridgehead atoms. The number of hydrogen-bond acceptors (Lipinski definition) is 6. The summed E-state index contributed by atoms with van der Waals surface area (Å²) in [4.78, 5) is 25.7. The molecule has 2 N–H and O–H groups in total. The highest BCUT2D eigenvalue weighted by atomic mass is 16.3. The first-order valence-electron chi connectivity index (χ1n) is 12.3. The minimum absolute atomic E-state index is 0.101. The summed E-state index contributed by atoms with van der Waals surface area (Å²) >= 11 is 0. The first-order chi connectivity index (χ1) is 19.4. The van der Waals surface area contributed by atoms with E-state index in [0.29, 0.717) is 23.9 Å². The molecule has 2 heterocycles. The predicted molar refractivity (Wildman–Crippen MR) is 152 cm³/mol. The summed E-state index contributed by atoms with van der Waals surface area (Å²) in [6.45, 7) is 8.11. The normalized spacial score (nSPS) is 11.6. The third kappa shape index (κ3) is 4.69. The number of aromatic hydroxyl groups is 2. The molecule has 0 aliphatic heterocycles. The average molecular weight is 533 g/mol. The van der Waals surface area contributed by atoms with Crippen molar-refractivity contribution < 1.29 is 19.8 Å². The van der Waals surface area contributed by atoms with Gasteiger partial charge in [-0.2, -0.15) is 0 Å². The third-order valence-corrected chi connectivity index (χ3v) is 6.30. The molecule has 0 radical (unpaired) electrons. The van der Waals surface area contributed by atoms with Gasteiger partial charge in [0.2, 0.25) is 11.8 Å². The first kappa shape index (κ1) is 26.0. The number of carbonyl (C=O) groups excluding carboxylic acids is 2. The van der Waals surface area contributed by atoms with Crippen LogP contribution in [0.15, 0.2) is 119 Å². The van der Waals surface area contributed by atoms with Crippen molar-refractivity contribution in [3.63, 3.8) is 0 Å². The summed E-state index contributed by atoms with van der Waals surface area (Å²) in [5, 5.41) is 38.2. The van der Waals surface area contributed by atoms with Crippen LogP contribution in [0, 0.1) is 0 Å². The SMILES string of the molecule is C=CCn1c(O)c(N=NC(=O)c2cccc(C(=O)N=Nc3c(O)n(CC=C)c4ccccc34)c2)c2ccccc21. The standard InChI is InChI=1S/C30H24N6O4/c1-3-16-35-23-14-7-5-12-21(23)25(29(35)39)31-33-27(37)19-10-9-11-20(18-19)28(38)34-32-26-22-13-6-8-15-24(22)36(17-4-2)30(26)40/h3-15,18,39-40H,1-2,16-17H2. The van der Waals surface area contributed by atoms with E-state index >= 15 is 0 Å². The van der Waals surface area contributed by atoms with Gasteiger partial charge in [0.15, 0.2) is 11.4 Å². The van der Waals surface area contributed by atoms with Crippen LogP contribution in [0.1, 0.15) is 20.7 Å². The number of aromatic nitrogens is 2. The Morgan fingerprint density at radius 3 is 1.52 bits per heavy atom. The van der Waals surface area contributed by atoms with Gasteiger partial charge in [-0.05, 0) is 30.3 Å². The van der Waals surface area contributed by atoms with Crippen LogP contribution in [0.3, 0.4) is 0 Å². The average Bonchev–Trinajstić information content (AvgIpc) is 3.40. The van der Waals surface area contributed by atoms with Gasteiger partial charge in [0.1, 0.15) is 0 Å². The number of fused-ring (bicyclic) bond motifs is 2. The summed E-state index contributed by atoms with van der Waals surface area (Å²) in [5.41, 5.74) is 1.95. The summed E-state index contributed by atoms with van der Waals surface area (Å²) in [5.74, 6) is -1.70. The minimum Gasteiger partial charge on any atom is -0.493 e. The number of carbonyl (C=O) groups is 2. The van der Waals surface area contributed by atoms with Crippen LogP contribution >= 0.6 is 0 Å². The first-order valence-corrected chi connectivity index (χ1v) is 12.3. The molecule has 2 aromatic heterocycles. The Bertz CT molecular complexity index is 1730. The molecule has 0 atom stereocenters. The molecule has 0 saturated heterocycles. The van der Waals surface area contributed by atoms with Gasteiger partial charge in [-0.25, -0.2) is 0 Å². The van der Waals surface area contributed by atoms with Crippen molar-refractivity contribution in [3.8, 4) is 11.8 Å². The number of allylic oxidation sites excluding steroid dienone is 2. The number of azo groups is 2. The Morgan fingerprint density at radius 1 is 0.675 bits per heavy atom. The molecule has 10 nitrogen and oxygen atoms in total. The number of rotatable bonds is 8. The van der Waals surface area contributed by atoms with E-state index in [4.69, 9.17) is 0 Å². The summed E-state index contributed by atoms with van der Waals surface area (Å²) in [6.07, 6.45) is 3.28. The zero-order chi connectivity index (χ0) is 28.2. The van der Waals surface area contributed by atoms with Crippen LogP contribution in [0.5, 0.6) is 11.8 Å². The monoisotopic (exact) mass is 532 g/mol. The summed E-state index contributed by atoms with van der Waals surface area (Å²) < 4.78 is 3.22. The van der Waals surface area contributed by atoms with Crippen LogP contribution in [0.4, 0.5) is 11.4 Å². The lowest BCUT2D eigenvalue weighted by molar-refractivity contribution is 0.0994. The fourth-order valence-electron chi connectivity index (χ4n) is 4.46. The molecule has 5 rings (SSSR count). The highest BCUT2D eigenvalue weighted by molar-refractivity contribution is 6.01. The van der Waals surface area contributed by atoms with Crippen LogP contribution in [-0.2, 0) is 13.1 Å². The lowest BCUT2D eigenvalue weighted by atomic mass is 10.1. The molecule has 2 amide bonds. The zero-order valence-corrected chi connectivity index (χ0v) is 21.3. The molecule has 0 aliphatic rings. The van der Waals surface area contributed by atoms with Crippen molar-refractivity contribution >= 4 is 45.0 Å². The fourth-order valence-corrected chi connectivity index (χ4v) is 4.46. The molecule has 0 saturated carbocycles. The summed E-state index contributed by atoms with van der Waals surface area (Å²) in [6, 6.07) is 20.3. The van der Waals surface area contributed by atoms with Gasteiger partial charge in [-0.15, -0.1) is 33.6 Å². The van der Waals surface area contributed by atoms with E-state index < -0.39 is 11.8 Å². The molecule has 198 valence electrons. The van der Waals surface area contributed by atoms with Gasteiger partial charge in [0.05, 0.1) is 11.0 Å². The molecular formula is C30H24N6O4. The van der Waals surface area contributed by atoms with Crippen LogP contribution in [0.2, 0.25) is 0 Å². The molecule has 40 heavy (non-hydrogen) atoms. The van der Waals surface area contributed by atoms with E-state index in [2.05, 4.69) is 33.6 Å². The molecule has 0 fully saturated rings. The Balaban J connectivity index is 1.40. The molecule has 5 aromatic rings. The van der Waals surface area contributed by atoms with Crippen LogP contribution in [0.25, 0.3) is 21.8 Å². The van der Waals surface area contributed by atoms with Crippen LogP contribution in [-0.4, -0.2) is 31.2 Å². The topological polar surface area (TPSA) is 134 Å². The number of hydrogen-bond donors (Lipinski definition) is 2. The number of para-hydroxylation sites is 2.